The third-order valence-electron chi connectivity index (χ3n) is 5.62. The summed E-state index contributed by atoms with van der Waals surface area (Å²) in [5.74, 6) is -0.520. The molecule has 2 aliphatic heterocycles. The van der Waals surface area contributed by atoms with Crippen LogP contribution >= 0.6 is 11.8 Å². The standard InChI is InChI=1S/C22H31N3O4S/c1-12(2)10-14(11-26)24-18(27)13(3)23-19(28)17-22(4,5)30-21-16-9-7-6-8-15(16)20(29)25(17)21/h6-9,12-14,17,21,26H,10-11H2,1-5H3,(H,23,28)(H,24,27)/t13-,14-,17+,21+/m0/s1. The van der Waals surface area contributed by atoms with Gasteiger partial charge in [-0.3, -0.25) is 14.4 Å². The summed E-state index contributed by atoms with van der Waals surface area (Å²) < 4.78 is -0.501. The molecule has 1 saturated heterocycles. The molecule has 0 aromatic heterocycles. The molecule has 0 spiro atoms. The molecule has 2 aliphatic rings. The van der Waals surface area contributed by atoms with Crippen molar-refractivity contribution in [1.29, 1.82) is 0 Å². The Hall–Kier alpha value is -2.06. The maximum Gasteiger partial charge on any atom is 0.256 e. The number of thioether (sulfide) groups is 1. The first-order valence-corrected chi connectivity index (χ1v) is 11.3. The number of amides is 3. The van der Waals surface area contributed by atoms with Crippen molar-refractivity contribution in [3.8, 4) is 0 Å². The van der Waals surface area contributed by atoms with Gasteiger partial charge in [0.1, 0.15) is 17.5 Å². The molecule has 3 rings (SSSR count). The average Bonchev–Trinajstić information content (AvgIpc) is 3.10. The number of nitrogens with one attached hydrogen (secondary N) is 2. The summed E-state index contributed by atoms with van der Waals surface area (Å²) in [6.45, 7) is 9.39. The normalized spacial score (nSPS) is 23.7. The first-order valence-electron chi connectivity index (χ1n) is 10.4. The predicted molar refractivity (Wildman–Crippen MR) is 117 cm³/mol. The minimum absolute atomic E-state index is 0.150. The van der Waals surface area contributed by atoms with Crippen molar-refractivity contribution in [2.75, 3.05) is 6.61 Å². The Balaban J connectivity index is 1.72. The molecule has 0 saturated carbocycles. The number of carbonyl (C=O) groups is 3. The fourth-order valence-electron chi connectivity index (χ4n) is 4.24. The van der Waals surface area contributed by atoms with Gasteiger partial charge in [-0.1, -0.05) is 32.0 Å². The van der Waals surface area contributed by atoms with E-state index in [9.17, 15) is 19.5 Å². The lowest BCUT2D eigenvalue weighted by molar-refractivity contribution is -0.131. The summed E-state index contributed by atoms with van der Waals surface area (Å²) in [6, 6.07) is 5.63. The molecule has 7 nitrogen and oxygen atoms in total. The van der Waals surface area contributed by atoms with Crippen molar-refractivity contribution in [3.63, 3.8) is 0 Å². The molecule has 2 heterocycles. The number of hydrogen-bond donors (Lipinski definition) is 3. The van der Waals surface area contributed by atoms with Crippen LogP contribution in [0.25, 0.3) is 0 Å². The van der Waals surface area contributed by atoms with Crippen molar-refractivity contribution in [1.82, 2.24) is 15.5 Å². The highest BCUT2D eigenvalue weighted by atomic mass is 32.2. The van der Waals surface area contributed by atoms with E-state index in [0.29, 0.717) is 17.9 Å². The molecular formula is C22H31N3O4S. The maximum atomic E-state index is 13.2. The molecule has 164 valence electrons. The summed E-state index contributed by atoms with van der Waals surface area (Å²) >= 11 is 1.59. The van der Waals surface area contributed by atoms with Crippen LogP contribution in [0.3, 0.4) is 0 Å². The molecule has 0 aliphatic carbocycles. The van der Waals surface area contributed by atoms with Gasteiger partial charge >= 0.3 is 0 Å². The SMILES string of the molecule is CC(C)C[C@@H](CO)NC(=O)[C@H](C)NC(=O)[C@H]1N2C(=O)c3ccccc3[C@H]2SC1(C)C. The molecule has 8 heteroatoms. The van der Waals surface area contributed by atoms with Crippen molar-refractivity contribution in [2.24, 2.45) is 5.92 Å². The average molecular weight is 434 g/mol. The van der Waals surface area contributed by atoms with E-state index in [4.69, 9.17) is 0 Å². The van der Waals surface area contributed by atoms with E-state index in [2.05, 4.69) is 10.6 Å². The van der Waals surface area contributed by atoms with Crippen LogP contribution in [0.1, 0.15) is 62.3 Å². The molecule has 1 fully saturated rings. The number of benzene rings is 1. The molecule has 0 radical (unpaired) electrons. The third-order valence-corrected chi connectivity index (χ3v) is 7.15. The van der Waals surface area contributed by atoms with E-state index in [1.807, 2.05) is 45.9 Å². The highest BCUT2D eigenvalue weighted by molar-refractivity contribution is 8.01. The highest BCUT2D eigenvalue weighted by Crippen LogP contribution is 2.56. The first-order chi connectivity index (χ1) is 14.1. The maximum absolute atomic E-state index is 13.2. The number of fused-ring (bicyclic) bond motifs is 3. The lowest BCUT2D eigenvalue weighted by Gasteiger charge is -2.30. The molecule has 1 aromatic rings. The second-order valence-corrected chi connectivity index (χ2v) is 10.8. The van der Waals surface area contributed by atoms with E-state index in [1.165, 1.54) is 0 Å². The van der Waals surface area contributed by atoms with Gasteiger partial charge in [-0.25, -0.2) is 0 Å². The van der Waals surface area contributed by atoms with Crippen LogP contribution in [0.5, 0.6) is 0 Å². The van der Waals surface area contributed by atoms with Gasteiger partial charge in [-0.2, -0.15) is 0 Å². The Morgan fingerprint density at radius 2 is 1.87 bits per heavy atom. The van der Waals surface area contributed by atoms with Crippen molar-refractivity contribution in [3.05, 3.63) is 35.4 Å². The van der Waals surface area contributed by atoms with Crippen molar-refractivity contribution >= 4 is 29.5 Å². The van der Waals surface area contributed by atoms with E-state index < -0.39 is 16.8 Å². The Morgan fingerprint density at radius 3 is 2.50 bits per heavy atom. The van der Waals surface area contributed by atoms with Crippen LogP contribution < -0.4 is 10.6 Å². The molecule has 4 atom stereocenters. The van der Waals surface area contributed by atoms with E-state index in [-0.39, 0.29) is 35.7 Å². The van der Waals surface area contributed by atoms with E-state index >= 15 is 0 Å². The van der Waals surface area contributed by atoms with Crippen LogP contribution in [0.15, 0.2) is 24.3 Å². The number of rotatable bonds is 7. The van der Waals surface area contributed by atoms with Gasteiger partial charge in [0.05, 0.1) is 12.6 Å². The molecule has 3 N–H and O–H groups in total. The number of aliphatic hydroxyl groups excluding tert-OH is 1. The van der Waals surface area contributed by atoms with Crippen LogP contribution in [0.4, 0.5) is 0 Å². The fraction of sp³-hybridized carbons (Fsp3) is 0.591. The van der Waals surface area contributed by atoms with Gasteiger partial charge in [-0.15, -0.1) is 11.8 Å². The van der Waals surface area contributed by atoms with Gasteiger partial charge in [0, 0.05) is 10.3 Å². The minimum atomic E-state index is -0.779. The summed E-state index contributed by atoms with van der Waals surface area (Å²) in [5.41, 5.74) is 1.56. The van der Waals surface area contributed by atoms with Gasteiger partial charge in [0.2, 0.25) is 11.8 Å². The Morgan fingerprint density at radius 1 is 1.20 bits per heavy atom. The number of carbonyl (C=O) groups excluding carboxylic acids is 3. The summed E-state index contributed by atoms with van der Waals surface area (Å²) in [4.78, 5) is 40.4. The summed E-state index contributed by atoms with van der Waals surface area (Å²) in [6.07, 6.45) is 0.650. The second-order valence-electron chi connectivity index (χ2n) is 9.02. The smallest absolute Gasteiger partial charge is 0.256 e. The molecule has 3 amide bonds. The molecule has 0 bridgehead atoms. The zero-order valence-corrected chi connectivity index (χ0v) is 19.0. The van der Waals surface area contributed by atoms with Gasteiger partial charge in [-0.05, 0) is 44.7 Å². The quantitative estimate of drug-likeness (QED) is 0.611. The molecular weight excluding hydrogens is 402 g/mol. The third kappa shape index (κ3) is 4.21. The highest BCUT2D eigenvalue weighted by Gasteiger charge is 2.57. The predicted octanol–water partition coefficient (Wildman–Crippen LogP) is 2.06. The lowest BCUT2D eigenvalue weighted by atomic mass is 10.00. The Bertz CT molecular complexity index is 841. The summed E-state index contributed by atoms with van der Waals surface area (Å²) in [7, 11) is 0. The number of aliphatic hydroxyl groups is 1. The summed E-state index contributed by atoms with van der Waals surface area (Å²) in [5, 5.41) is 14.9. The Labute approximate surface area is 182 Å². The van der Waals surface area contributed by atoms with Crippen LogP contribution in [0, 0.1) is 5.92 Å². The molecule has 1 aromatic carbocycles. The lowest BCUT2D eigenvalue weighted by Crippen LogP contribution is -2.57. The minimum Gasteiger partial charge on any atom is -0.394 e. The van der Waals surface area contributed by atoms with Gasteiger partial charge in [0.15, 0.2) is 0 Å². The Kier molecular flexibility index (Phi) is 6.48. The number of hydrogen-bond acceptors (Lipinski definition) is 5. The van der Waals surface area contributed by atoms with Crippen molar-refractivity contribution in [2.45, 2.75) is 69.3 Å². The van der Waals surface area contributed by atoms with Crippen LogP contribution in [-0.4, -0.2) is 57.2 Å². The van der Waals surface area contributed by atoms with Gasteiger partial charge in [0.25, 0.3) is 5.91 Å². The van der Waals surface area contributed by atoms with Crippen LogP contribution in [0.2, 0.25) is 0 Å². The number of nitrogens with zero attached hydrogens (tertiary/aromatic N) is 1. The molecule has 30 heavy (non-hydrogen) atoms. The zero-order chi connectivity index (χ0) is 22.2. The first kappa shape index (κ1) is 22.6. The van der Waals surface area contributed by atoms with E-state index in [0.717, 1.165) is 5.56 Å². The molecule has 0 unspecified atom stereocenters. The van der Waals surface area contributed by atoms with Gasteiger partial charge < -0.3 is 20.6 Å². The largest absolute Gasteiger partial charge is 0.394 e. The monoisotopic (exact) mass is 433 g/mol. The van der Waals surface area contributed by atoms with E-state index in [1.54, 1.807) is 29.7 Å². The topological polar surface area (TPSA) is 98.7 Å². The van der Waals surface area contributed by atoms with Crippen molar-refractivity contribution < 1.29 is 19.5 Å². The van der Waals surface area contributed by atoms with Crippen LogP contribution in [-0.2, 0) is 9.59 Å². The second kappa shape index (κ2) is 8.59. The fourth-order valence-corrected chi connectivity index (χ4v) is 5.83. The zero-order valence-electron chi connectivity index (χ0n) is 18.1.